The van der Waals surface area contributed by atoms with Gasteiger partial charge in [0.15, 0.2) is 5.82 Å². The van der Waals surface area contributed by atoms with Crippen molar-refractivity contribution in [2.24, 2.45) is 0 Å². The third-order valence-corrected chi connectivity index (χ3v) is 11.5. The van der Waals surface area contributed by atoms with E-state index in [1.54, 1.807) is 0 Å². The van der Waals surface area contributed by atoms with Gasteiger partial charge in [-0.05, 0) is 74.8 Å². The lowest BCUT2D eigenvalue weighted by molar-refractivity contribution is 1.05. The third kappa shape index (κ3) is 4.53. The molecule has 4 nitrogen and oxygen atoms in total. The molecule has 0 spiro atoms. The Labute approximate surface area is 322 Å². The van der Waals surface area contributed by atoms with Crippen molar-refractivity contribution in [1.82, 2.24) is 19.1 Å². The predicted octanol–water partition coefficient (Wildman–Crippen LogP) is 13.5. The largest absolute Gasteiger partial charge is 0.309 e. The number of rotatable bonds is 4. The molecule has 9 aromatic carbocycles. The first-order valence-electron chi connectivity index (χ1n) is 19.1. The zero-order valence-corrected chi connectivity index (χ0v) is 30.3. The van der Waals surface area contributed by atoms with E-state index in [1.807, 2.05) is 6.07 Å². The molecule has 260 valence electrons. The Kier molecular flexibility index (Phi) is 6.60. The lowest BCUT2D eigenvalue weighted by Crippen LogP contribution is -2.02. The van der Waals surface area contributed by atoms with Crippen LogP contribution in [0.4, 0.5) is 0 Å². The molecule has 3 heterocycles. The standard InChI is InChI=1S/C52H32N4/c1-2-14-33(15-3-1)46-32-51(54-52(53-46)34-26-28-40-38-18-5-4-16-36(38)37-17-6-7-19-39(37)44(40)30-34)56-49-25-13-10-22-43(49)45-31-35(27-29-50(45)56)55-47-23-11-8-20-41(47)42-21-9-12-24-48(42)55/h1-32H. The normalized spacial score (nSPS) is 11.9. The third-order valence-electron chi connectivity index (χ3n) is 11.5. The van der Waals surface area contributed by atoms with Crippen LogP contribution in [0.15, 0.2) is 194 Å². The first kappa shape index (κ1) is 30.9. The Morgan fingerprint density at radius 2 is 0.768 bits per heavy atom. The van der Waals surface area contributed by atoms with E-state index in [-0.39, 0.29) is 0 Å². The maximum Gasteiger partial charge on any atom is 0.162 e. The molecule has 0 unspecified atom stereocenters. The molecule has 3 aromatic heterocycles. The van der Waals surface area contributed by atoms with E-state index in [4.69, 9.17) is 9.97 Å². The molecule has 12 rings (SSSR count). The summed E-state index contributed by atoms with van der Waals surface area (Å²) < 4.78 is 4.70. The number of nitrogens with zero attached hydrogens (tertiary/aromatic N) is 4. The summed E-state index contributed by atoms with van der Waals surface area (Å²) >= 11 is 0. The first-order valence-corrected chi connectivity index (χ1v) is 19.1. The van der Waals surface area contributed by atoms with Gasteiger partial charge >= 0.3 is 0 Å². The fourth-order valence-corrected chi connectivity index (χ4v) is 9.03. The maximum atomic E-state index is 5.42. The molecule has 0 amide bonds. The van der Waals surface area contributed by atoms with Gasteiger partial charge in [0.2, 0.25) is 0 Å². The van der Waals surface area contributed by atoms with Gasteiger partial charge in [0.1, 0.15) is 5.82 Å². The van der Waals surface area contributed by atoms with Crippen LogP contribution in [-0.4, -0.2) is 19.1 Å². The van der Waals surface area contributed by atoms with Crippen LogP contribution < -0.4 is 0 Å². The van der Waals surface area contributed by atoms with E-state index in [1.165, 1.54) is 64.9 Å². The molecule has 12 aromatic rings. The number of benzene rings is 9. The highest BCUT2D eigenvalue weighted by Crippen LogP contribution is 2.39. The Morgan fingerprint density at radius 1 is 0.286 bits per heavy atom. The van der Waals surface area contributed by atoms with Gasteiger partial charge in [-0.2, -0.15) is 0 Å². The monoisotopic (exact) mass is 712 g/mol. The predicted molar refractivity (Wildman–Crippen MR) is 234 cm³/mol. The van der Waals surface area contributed by atoms with E-state index >= 15 is 0 Å². The molecule has 0 radical (unpaired) electrons. The minimum absolute atomic E-state index is 0.688. The van der Waals surface area contributed by atoms with Gasteiger partial charge < -0.3 is 4.57 Å². The summed E-state index contributed by atoms with van der Waals surface area (Å²) in [6.07, 6.45) is 0. The van der Waals surface area contributed by atoms with Crippen LogP contribution in [0.5, 0.6) is 0 Å². The Balaban J connectivity index is 1.11. The quantitative estimate of drug-likeness (QED) is 0.170. The smallest absolute Gasteiger partial charge is 0.162 e. The van der Waals surface area contributed by atoms with Gasteiger partial charge in [0.25, 0.3) is 0 Å². The van der Waals surface area contributed by atoms with Crippen LogP contribution in [0, 0.1) is 0 Å². The molecule has 0 N–H and O–H groups in total. The zero-order chi connectivity index (χ0) is 36.7. The number of hydrogen-bond acceptors (Lipinski definition) is 2. The van der Waals surface area contributed by atoms with Crippen LogP contribution >= 0.6 is 0 Å². The number of fused-ring (bicyclic) bond motifs is 12. The summed E-state index contributed by atoms with van der Waals surface area (Å²) in [4.78, 5) is 10.7. The lowest BCUT2D eigenvalue weighted by Gasteiger charge is -2.14. The van der Waals surface area contributed by atoms with Crippen molar-refractivity contribution in [2.75, 3.05) is 0 Å². The minimum Gasteiger partial charge on any atom is -0.309 e. The van der Waals surface area contributed by atoms with Crippen molar-refractivity contribution < 1.29 is 0 Å². The summed E-state index contributed by atoms with van der Waals surface area (Å²) in [5.74, 6) is 1.52. The van der Waals surface area contributed by atoms with Gasteiger partial charge in [-0.15, -0.1) is 0 Å². The number of hydrogen-bond donors (Lipinski definition) is 0. The summed E-state index contributed by atoms with van der Waals surface area (Å²) in [7, 11) is 0. The van der Waals surface area contributed by atoms with Crippen LogP contribution in [-0.2, 0) is 0 Å². The molecule has 0 saturated carbocycles. The maximum absolute atomic E-state index is 5.42. The van der Waals surface area contributed by atoms with Crippen molar-refractivity contribution in [3.8, 4) is 34.2 Å². The van der Waals surface area contributed by atoms with Gasteiger partial charge in [-0.25, -0.2) is 9.97 Å². The molecule has 0 aliphatic rings. The van der Waals surface area contributed by atoms with Crippen LogP contribution in [0.25, 0.3) is 110 Å². The van der Waals surface area contributed by atoms with Crippen LogP contribution in [0.3, 0.4) is 0 Å². The van der Waals surface area contributed by atoms with Crippen LogP contribution in [0.1, 0.15) is 0 Å². The zero-order valence-electron chi connectivity index (χ0n) is 30.3. The average Bonchev–Trinajstić information content (AvgIpc) is 3.79. The van der Waals surface area contributed by atoms with Gasteiger partial charge in [-0.3, -0.25) is 4.57 Å². The van der Waals surface area contributed by atoms with Crippen molar-refractivity contribution in [1.29, 1.82) is 0 Å². The number of aromatic nitrogens is 4. The highest BCUT2D eigenvalue weighted by Gasteiger charge is 2.19. The molecule has 0 bridgehead atoms. The highest BCUT2D eigenvalue weighted by atomic mass is 15.1. The Hall–Kier alpha value is -7.56. The molecule has 0 saturated heterocycles. The summed E-state index contributed by atoms with van der Waals surface area (Å²) in [5.41, 5.74) is 8.61. The molecule has 0 fully saturated rings. The summed E-state index contributed by atoms with van der Waals surface area (Å²) in [6.45, 7) is 0. The fraction of sp³-hybridized carbons (Fsp3) is 0. The molecule has 0 aliphatic heterocycles. The SMILES string of the molecule is c1ccc(-c2cc(-n3c4ccccc4c4cc(-n5c6ccccc6c6ccccc65)ccc43)nc(-c3ccc4c5ccccc5c5ccccc5c4c3)n2)cc1. The topological polar surface area (TPSA) is 35.6 Å². The van der Waals surface area contributed by atoms with Gasteiger partial charge in [-0.1, -0.05) is 146 Å². The van der Waals surface area contributed by atoms with E-state index in [9.17, 15) is 0 Å². The Morgan fingerprint density at radius 3 is 1.39 bits per heavy atom. The second-order valence-electron chi connectivity index (χ2n) is 14.6. The fourth-order valence-electron chi connectivity index (χ4n) is 9.03. The van der Waals surface area contributed by atoms with Crippen molar-refractivity contribution in [2.45, 2.75) is 0 Å². The van der Waals surface area contributed by atoms with Gasteiger partial charge in [0, 0.05) is 44.4 Å². The minimum atomic E-state index is 0.688. The molecule has 4 heteroatoms. The van der Waals surface area contributed by atoms with E-state index in [0.29, 0.717) is 5.82 Å². The van der Waals surface area contributed by atoms with Crippen molar-refractivity contribution >= 4 is 75.9 Å². The first-order chi connectivity index (χ1) is 27.8. The lowest BCUT2D eigenvalue weighted by atomic mass is 9.93. The summed E-state index contributed by atoms with van der Waals surface area (Å²) in [6, 6.07) is 69.6. The Bertz CT molecular complexity index is 3450. The van der Waals surface area contributed by atoms with Crippen molar-refractivity contribution in [3.63, 3.8) is 0 Å². The van der Waals surface area contributed by atoms with E-state index < -0.39 is 0 Å². The number of para-hydroxylation sites is 3. The molecule has 0 atom stereocenters. The van der Waals surface area contributed by atoms with E-state index in [0.717, 1.165) is 39.4 Å². The van der Waals surface area contributed by atoms with E-state index in [2.05, 4.69) is 197 Å². The second kappa shape index (κ2) is 12.0. The molecular weight excluding hydrogens is 681 g/mol. The highest BCUT2D eigenvalue weighted by molar-refractivity contribution is 6.25. The average molecular weight is 713 g/mol. The summed E-state index contributed by atoms with van der Waals surface area (Å²) in [5, 5.41) is 12.3. The van der Waals surface area contributed by atoms with Crippen LogP contribution in [0.2, 0.25) is 0 Å². The second-order valence-corrected chi connectivity index (χ2v) is 14.6. The molecular formula is C52H32N4. The molecule has 0 aliphatic carbocycles. The van der Waals surface area contributed by atoms with Gasteiger partial charge in [0.05, 0.1) is 27.8 Å². The molecule has 56 heavy (non-hydrogen) atoms. The van der Waals surface area contributed by atoms with Crippen molar-refractivity contribution in [3.05, 3.63) is 194 Å².